The molecule has 0 fully saturated rings. The number of rotatable bonds is 1. The lowest BCUT2D eigenvalue weighted by Gasteiger charge is -2.13. The first-order chi connectivity index (χ1) is 12.1. The predicted octanol–water partition coefficient (Wildman–Crippen LogP) is 3.43. The molecule has 0 unspecified atom stereocenters. The van der Waals surface area contributed by atoms with Gasteiger partial charge in [-0.3, -0.25) is 4.57 Å². The summed E-state index contributed by atoms with van der Waals surface area (Å²) in [5.41, 5.74) is 9.68. The van der Waals surface area contributed by atoms with Gasteiger partial charge in [-0.25, -0.2) is 9.55 Å². The Morgan fingerprint density at radius 1 is 1.08 bits per heavy atom. The molecule has 0 saturated carbocycles. The first-order valence-electron chi connectivity index (χ1n) is 8.55. The van der Waals surface area contributed by atoms with Gasteiger partial charge in [-0.2, -0.15) is 0 Å². The highest BCUT2D eigenvalue weighted by Gasteiger charge is 2.27. The molecule has 1 aliphatic rings. The van der Waals surface area contributed by atoms with E-state index in [1.54, 1.807) is 0 Å². The minimum Gasteiger partial charge on any atom is -0.296 e. The normalized spacial score (nSPS) is 12.4. The summed E-state index contributed by atoms with van der Waals surface area (Å²) in [5, 5.41) is 0. The molecule has 5 rings (SSSR count). The number of hydrogen-bond donors (Lipinski definition) is 0. The fourth-order valence-corrected chi connectivity index (χ4v) is 3.95. The standard InChI is InChI=1S/C21H19N4/c1-13-8-9-17-15(21(13)19-10-14(2)22-12-24(19)3)11-20-23-16-6-4-5-7-18(16)25(17)20/h4-10,12H,11H2,1-3H3/q+1. The highest BCUT2D eigenvalue weighted by atomic mass is 15.1. The molecular formula is C21H19N4+. The number of benzene rings is 2. The van der Waals surface area contributed by atoms with Gasteiger partial charge in [-0.15, -0.1) is 0 Å². The SMILES string of the molecule is Cc1cc(-c2c(C)ccc3c2Cc2nc4ccccc4n2-3)[n+](C)cn1. The van der Waals surface area contributed by atoms with Crippen LogP contribution in [0, 0.1) is 13.8 Å². The molecule has 0 bridgehead atoms. The summed E-state index contributed by atoms with van der Waals surface area (Å²) in [4.78, 5) is 9.26. The van der Waals surface area contributed by atoms with Crippen molar-refractivity contribution >= 4 is 11.0 Å². The molecule has 4 nitrogen and oxygen atoms in total. The van der Waals surface area contributed by atoms with E-state index in [0.29, 0.717) is 0 Å². The minimum atomic E-state index is 0.863. The van der Waals surface area contributed by atoms with E-state index in [1.165, 1.54) is 33.6 Å². The molecule has 0 spiro atoms. The Morgan fingerprint density at radius 3 is 2.80 bits per heavy atom. The second-order valence-electron chi connectivity index (χ2n) is 6.81. The molecule has 0 saturated heterocycles. The third kappa shape index (κ3) is 1.97. The van der Waals surface area contributed by atoms with Crippen LogP contribution in [0.4, 0.5) is 0 Å². The van der Waals surface area contributed by atoms with Crippen molar-refractivity contribution in [3.05, 3.63) is 71.4 Å². The van der Waals surface area contributed by atoms with E-state index < -0.39 is 0 Å². The van der Waals surface area contributed by atoms with Crippen LogP contribution in [0.25, 0.3) is 28.0 Å². The zero-order valence-electron chi connectivity index (χ0n) is 14.6. The largest absolute Gasteiger partial charge is 0.296 e. The zero-order chi connectivity index (χ0) is 17.1. The fourth-order valence-electron chi connectivity index (χ4n) is 3.95. The third-order valence-electron chi connectivity index (χ3n) is 5.12. The molecule has 122 valence electrons. The lowest BCUT2D eigenvalue weighted by atomic mass is 9.95. The summed E-state index contributed by atoms with van der Waals surface area (Å²) in [7, 11) is 2.06. The average molecular weight is 327 g/mol. The summed E-state index contributed by atoms with van der Waals surface area (Å²) in [6, 6.07) is 15.0. The molecule has 0 atom stereocenters. The van der Waals surface area contributed by atoms with Gasteiger partial charge in [0.2, 0.25) is 0 Å². The molecule has 0 radical (unpaired) electrons. The quantitative estimate of drug-likeness (QED) is 0.442. The Balaban J connectivity index is 1.82. The molecule has 2 aromatic heterocycles. The first kappa shape index (κ1) is 14.3. The monoisotopic (exact) mass is 327 g/mol. The Kier molecular flexibility index (Phi) is 2.86. The number of aromatic nitrogens is 4. The van der Waals surface area contributed by atoms with Crippen LogP contribution in [-0.4, -0.2) is 14.5 Å². The van der Waals surface area contributed by atoms with E-state index in [2.05, 4.69) is 64.5 Å². The maximum absolute atomic E-state index is 4.86. The van der Waals surface area contributed by atoms with Crippen LogP contribution in [0.3, 0.4) is 0 Å². The lowest BCUT2D eigenvalue weighted by molar-refractivity contribution is -0.663. The maximum atomic E-state index is 4.86. The van der Waals surface area contributed by atoms with E-state index in [9.17, 15) is 0 Å². The third-order valence-corrected chi connectivity index (χ3v) is 5.12. The van der Waals surface area contributed by atoms with Gasteiger partial charge in [0, 0.05) is 25.0 Å². The number of hydrogen-bond acceptors (Lipinski definition) is 2. The summed E-state index contributed by atoms with van der Waals surface area (Å²) < 4.78 is 4.41. The van der Waals surface area contributed by atoms with Gasteiger partial charge in [-0.1, -0.05) is 23.2 Å². The smallest absolute Gasteiger partial charge is 0.286 e. The molecule has 4 aromatic rings. The van der Waals surface area contributed by atoms with E-state index >= 15 is 0 Å². The zero-order valence-corrected chi connectivity index (χ0v) is 14.6. The van der Waals surface area contributed by atoms with Crippen LogP contribution in [0.2, 0.25) is 0 Å². The highest BCUT2D eigenvalue weighted by Crippen LogP contribution is 2.38. The molecule has 2 aromatic carbocycles. The predicted molar refractivity (Wildman–Crippen MR) is 97.8 cm³/mol. The van der Waals surface area contributed by atoms with Crippen molar-refractivity contribution in [1.29, 1.82) is 0 Å². The topological polar surface area (TPSA) is 34.6 Å². The molecule has 0 N–H and O–H groups in total. The van der Waals surface area contributed by atoms with Crippen molar-refractivity contribution in [3.8, 4) is 16.9 Å². The number of fused-ring (bicyclic) bond motifs is 5. The van der Waals surface area contributed by atoms with Crippen molar-refractivity contribution in [3.63, 3.8) is 0 Å². The number of aryl methyl sites for hydroxylation is 3. The summed E-state index contributed by atoms with van der Waals surface area (Å²) >= 11 is 0. The second kappa shape index (κ2) is 4.99. The maximum Gasteiger partial charge on any atom is 0.286 e. The molecule has 0 aliphatic carbocycles. The van der Waals surface area contributed by atoms with E-state index in [4.69, 9.17) is 4.98 Å². The Hall–Kier alpha value is -3.01. The molecule has 0 amide bonds. The van der Waals surface area contributed by atoms with Gasteiger partial charge in [0.1, 0.15) is 11.5 Å². The van der Waals surface area contributed by atoms with Crippen molar-refractivity contribution < 1.29 is 4.57 Å². The van der Waals surface area contributed by atoms with Crippen LogP contribution >= 0.6 is 0 Å². The van der Waals surface area contributed by atoms with Crippen LogP contribution in [0.15, 0.2) is 48.8 Å². The van der Waals surface area contributed by atoms with Gasteiger partial charge in [0.05, 0.1) is 23.8 Å². The van der Waals surface area contributed by atoms with Gasteiger partial charge in [0.25, 0.3) is 6.33 Å². The summed E-state index contributed by atoms with van der Waals surface area (Å²) in [5.74, 6) is 1.12. The number of para-hydroxylation sites is 2. The highest BCUT2D eigenvalue weighted by molar-refractivity contribution is 5.82. The van der Waals surface area contributed by atoms with Crippen LogP contribution in [0.5, 0.6) is 0 Å². The van der Waals surface area contributed by atoms with Crippen molar-refractivity contribution in [2.45, 2.75) is 20.3 Å². The van der Waals surface area contributed by atoms with Gasteiger partial charge in [0.15, 0.2) is 5.69 Å². The summed E-state index contributed by atoms with van der Waals surface area (Å²) in [6.45, 7) is 4.23. The average Bonchev–Trinajstić information content (AvgIpc) is 3.13. The van der Waals surface area contributed by atoms with Gasteiger partial charge >= 0.3 is 0 Å². The van der Waals surface area contributed by atoms with Crippen molar-refractivity contribution in [2.24, 2.45) is 7.05 Å². The fraction of sp³-hybridized carbons (Fsp3) is 0.190. The summed E-state index contributed by atoms with van der Waals surface area (Å²) in [6.07, 6.45) is 2.76. The molecule has 25 heavy (non-hydrogen) atoms. The molecule has 4 heteroatoms. The van der Waals surface area contributed by atoms with Gasteiger partial charge in [-0.05, 0) is 36.2 Å². The number of nitrogens with zero attached hydrogens (tertiary/aromatic N) is 4. The Labute approximate surface area is 146 Å². The van der Waals surface area contributed by atoms with Crippen LogP contribution in [-0.2, 0) is 13.5 Å². The number of imidazole rings is 1. The molecule has 1 aliphatic heterocycles. The Morgan fingerprint density at radius 2 is 1.92 bits per heavy atom. The van der Waals surface area contributed by atoms with Crippen LogP contribution < -0.4 is 4.57 Å². The van der Waals surface area contributed by atoms with Gasteiger partial charge < -0.3 is 0 Å². The second-order valence-corrected chi connectivity index (χ2v) is 6.81. The van der Waals surface area contributed by atoms with Crippen molar-refractivity contribution in [2.75, 3.05) is 0 Å². The lowest BCUT2D eigenvalue weighted by Crippen LogP contribution is -2.32. The molecule has 3 heterocycles. The van der Waals surface area contributed by atoms with E-state index in [0.717, 1.165) is 23.5 Å². The minimum absolute atomic E-state index is 0.863. The van der Waals surface area contributed by atoms with Crippen molar-refractivity contribution in [1.82, 2.24) is 14.5 Å². The van der Waals surface area contributed by atoms with E-state index in [-0.39, 0.29) is 0 Å². The Bertz CT molecular complexity index is 1150. The van der Waals surface area contributed by atoms with E-state index in [1.807, 2.05) is 19.3 Å². The van der Waals surface area contributed by atoms with Crippen LogP contribution in [0.1, 0.15) is 22.6 Å². The first-order valence-corrected chi connectivity index (χ1v) is 8.55. The molecular weight excluding hydrogens is 308 g/mol.